The molecule has 0 bridgehead atoms. The third kappa shape index (κ3) is 5.34. The summed E-state index contributed by atoms with van der Waals surface area (Å²) in [5.41, 5.74) is 2.17. The summed E-state index contributed by atoms with van der Waals surface area (Å²) in [6, 6.07) is 0. The highest BCUT2D eigenvalue weighted by Crippen LogP contribution is 2.69. The normalized spacial score (nSPS) is 42.3. The lowest BCUT2D eigenvalue weighted by atomic mass is 9.46. The Bertz CT molecular complexity index is 853. The molecule has 4 aliphatic rings. The summed E-state index contributed by atoms with van der Waals surface area (Å²) in [6.45, 7) is 28.8. The van der Waals surface area contributed by atoms with Crippen LogP contribution in [0.1, 0.15) is 72.1 Å². The molecule has 4 aliphatic carbocycles. The van der Waals surface area contributed by atoms with Crippen molar-refractivity contribution in [3.05, 3.63) is 11.6 Å². The summed E-state index contributed by atoms with van der Waals surface area (Å²) in [5.74, 6) is 2.35. The molecule has 0 heterocycles. The Morgan fingerprint density at radius 2 is 1.44 bits per heavy atom. The van der Waals surface area contributed by atoms with Crippen LogP contribution in [0, 0.1) is 28.6 Å². The van der Waals surface area contributed by atoms with Gasteiger partial charge in [0, 0.05) is 11.5 Å². The molecule has 0 aliphatic heterocycles. The quantitative estimate of drug-likeness (QED) is 0.234. The van der Waals surface area contributed by atoms with Crippen molar-refractivity contribution in [3.8, 4) is 0 Å². The second kappa shape index (κ2) is 9.43. The molecule has 0 aromatic heterocycles. The average Bonchev–Trinajstić information content (AvgIpc) is 2.98. The third-order valence-electron chi connectivity index (χ3n) is 10.4. The van der Waals surface area contributed by atoms with Crippen LogP contribution >= 0.6 is 0 Å². The van der Waals surface area contributed by atoms with Gasteiger partial charge >= 0.3 is 0 Å². The topological polar surface area (TPSA) is 27.7 Å². The smallest absolute Gasteiger partial charge is 0.184 e. The molecule has 8 atom stereocenters. The van der Waals surface area contributed by atoms with Gasteiger partial charge in [-0.3, -0.25) is 0 Å². The summed E-state index contributed by atoms with van der Waals surface area (Å²) in [6.07, 6.45) is 13.4. The van der Waals surface area contributed by atoms with E-state index < -0.39 is 25.0 Å². The summed E-state index contributed by atoms with van der Waals surface area (Å²) < 4.78 is 20.8. The van der Waals surface area contributed by atoms with E-state index >= 15 is 0 Å². The van der Waals surface area contributed by atoms with E-state index in [9.17, 15) is 0 Å². The fraction of sp³-hybridized carbons (Fsp3) is 0.933. The zero-order valence-corrected chi connectivity index (χ0v) is 28.8. The molecule has 4 rings (SSSR count). The van der Waals surface area contributed by atoms with Gasteiger partial charge in [0.25, 0.3) is 0 Å². The minimum absolute atomic E-state index is 0.138. The van der Waals surface area contributed by atoms with Gasteiger partial charge in [-0.05, 0) is 140 Å². The molecule has 0 radical (unpaired) electrons. The van der Waals surface area contributed by atoms with Crippen molar-refractivity contribution >= 4 is 25.0 Å². The van der Waals surface area contributed by atoms with Crippen molar-refractivity contribution in [2.75, 3.05) is 0 Å². The standard InChI is InChI=1S/C30H58O3Si3/c1-22(31-34(4,5)6)30(33-36(10,11)12)20-17-27-25-14-13-23-21-24(32-35(7,8)9)15-18-28(23,2)26(25)16-19-29(27,30)3/h13,22,24-27H,14-21H2,1-12H3/t22?,24?,25-,26+,27+,28+,29+,30+/m1/s1. The fourth-order valence-electron chi connectivity index (χ4n) is 9.35. The van der Waals surface area contributed by atoms with Crippen molar-refractivity contribution in [2.45, 2.75) is 149 Å². The van der Waals surface area contributed by atoms with Crippen LogP contribution in [-0.4, -0.2) is 42.8 Å². The number of fused-ring (bicyclic) bond motifs is 5. The lowest BCUT2D eigenvalue weighted by Crippen LogP contribution is -2.63. The highest BCUT2D eigenvalue weighted by molar-refractivity contribution is 6.70. The van der Waals surface area contributed by atoms with Gasteiger partial charge in [-0.15, -0.1) is 0 Å². The highest BCUT2D eigenvalue weighted by Gasteiger charge is 2.67. The summed E-state index contributed by atoms with van der Waals surface area (Å²) in [7, 11) is -4.93. The van der Waals surface area contributed by atoms with Crippen LogP contribution in [0.3, 0.4) is 0 Å². The molecule has 0 amide bonds. The maximum absolute atomic E-state index is 7.35. The van der Waals surface area contributed by atoms with Crippen molar-refractivity contribution in [1.29, 1.82) is 0 Å². The summed E-state index contributed by atoms with van der Waals surface area (Å²) in [4.78, 5) is 0. The van der Waals surface area contributed by atoms with E-state index in [-0.39, 0.29) is 17.1 Å². The molecule has 3 saturated carbocycles. The Labute approximate surface area is 226 Å². The van der Waals surface area contributed by atoms with Gasteiger partial charge in [-0.2, -0.15) is 0 Å². The molecular formula is C30H58O3Si3. The van der Waals surface area contributed by atoms with E-state index in [1.165, 1.54) is 51.4 Å². The second-order valence-electron chi connectivity index (χ2n) is 16.3. The van der Waals surface area contributed by atoms with Gasteiger partial charge in [-0.25, -0.2) is 0 Å². The highest BCUT2D eigenvalue weighted by atomic mass is 28.4. The van der Waals surface area contributed by atoms with Crippen LogP contribution in [0.2, 0.25) is 58.9 Å². The second-order valence-corrected chi connectivity index (χ2v) is 29.7. The van der Waals surface area contributed by atoms with Gasteiger partial charge in [0.1, 0.15) is 0 Å². The van der Waals surface area contributed by atoms with Crippen molar-refractivity contribution in [2.24, 2.45) is 28.6 Å². The third-order valence-corrected chi connectivity index (χ3v) is 13.5. The number of hydrogen-bond acceptors (Lipinski definition) is 3. The molecule has 36 heavy (non-hydrogen) atoms. The molecule has 0 spiro atoms. The molecule has 6 heteroatoms. The summed E-state index contributed by atoms with van der Waals surface area (Å²) in [5, 5.41) is 0. The molecular weight excluding hydrogens is 493 g/mol. The first-order valence-electron chi connectivity index (χ1n) is 15.1. The maximum atomic E-state index is 7.35. The van der Waals surface area contributed by atoms with Crippen LogP contribution in [0.5, 0.6) is 0 Å². The largest absolute Gasteiger partial charge is 0.414 e. The molecule has 3 fully saturated rings. The Morgan fingerprint density at radius 1 is 0.806 bits per heavy atom. The van der Waals surface area contributed by atoms with Crippen LogP contribution in [-0.2, 0) is 13.3 Å². The van der Waals surface area contributed by atoms with Crippen molar-refractivity contribution < 1.29 is 13.3 Å². The van der Waals surface area contributed by atoms with Crippen LogP contribution in [0.25, 0.3) is 0 Å². The Kier molecular flexibility index (Phi) is 7.67. The number of hydrogen-bond donors (Lipinski definition) is 0. The van der Waals surface area contributed by atoms with Crippen LogP contribution in [0.4, 0.5) is 0 Å². The summed E-state index contributed by atoms with van der Waals surface area (Å²) >= 11 is 0. The first-order valence-corrected chi connectivity index (χ1v) is 25.3. The van der Waals surface area contributed by atoms with Gasteiger partial charge in [-0.1, -0.05) is 25.5 Å². The lowest BCUT2D eigenvalue weighted by Gasteiger charge is -2.61. The van der Waals surface area contributed by atoms with E-state index in [2.05, 4.69) is 85.8 Å². The molecule has 208 valence electrons. The predicted octanol–water partition coefficient (Wildman–Crippen LogP) is 9.00. The molecule has 0 saturated heterocycles. The lowest BCUT2D eigenvalue weighted by molar-refractivity contribution is -0.155. The molecule has 3 nitrogen and oxygen atoms in total. The monoisotopic (exact) mass is 550 g/mol. The molecule has 0 N–H and O–H groups in total. The molecule has 0 aromatic carbocycles. The minimum Gasteiger partial charge on any atom is -0.414 e. The van der Waals surface area contributed by atoms with Gasteiger partial charge in [0.05, 0.1) is 11.7 Å². The first-order chi connectivity index (χ1) is 16.3. The van der Waals surface area contributed by atoms with E-state index in [4.69, 9.17) is 13.3 Å². The predicted molar refractivity (Wildman–Crippen MR) is 161 cm³/mol. The average molecular weight is 551 g/mol. The minimum atomic E-state index is -1.76. The molecule has 2 unspecified atom stereocenters. The number of allylic oxidation sites excluding steroid dienone is 1. The fourth-order valence-corrected chi connectivity index (χ4v) is 13.4. The zero-order chi connectivity index (χ0) is 26.9. The van der Waals surface area contributed by atoms with Gasteiger partial charge in [0.2, 0.25) is 0 Å². The van der Waals surface area contributed by atoms with Crippen molar-refractivity contribution in [1.82, 2.24) is 0 Å². The zero-order valence-electron chi connectivity index (χ0n) is 25.8. The first kappa shape index (κ1) is 29.3. The Hall–Kier alpha value is 0.271. The molecule has 0 aromatic rings. The van der Waals surface area contributed by atoms with Crippen LogP contribution < -0.4 is 0 Å². The van der Waals surface area contributed by atoms with Crippen LogP contribution in [0.15, 0.2) is 11.6 Å². The van der Waals surface area contributed by atoms with Crippen molar-refractivity contribution in [3.63, 3.8) is 0 Å². The SMILES string of the molecule is CC(O[Si](C)(C)C)[C@@]1(O[Si](C)(C)C)CC[C@H]2[C@@H]3CC=C4CC(O[Si](C)(C)C)CC[C@]4(C)[C@H]3CC[C@@]21C. The maximum Gasteiger partial charge on any atom is 0.184 e. The van der Waals surface area contributed by atoms with Gasteiger partial charge in [0.15, 0.2) is 25.0 Å². The van der Waals surface area contributed by atoms with E-state index in [1.54, 1.807) is 5.57 Å². The van der Waals surface area contributed by atoms with E-state index in [0.717, 1.165) is 17.8 Å². The Morgan fingerprint density at radius 3 is 2.03 bits per heavy atom. The van der Waals surface area contributed by atoms with E-state index in [1.807, 2.05) is 0 Å². The number of rotatable bonds is 7. The van der Waals surface area contributed by atoms with E-state index in [0.29, 0.717) is 11.5 Å². The van der Waals surface area contributed by atoms with Gasteiger partial charge < -0.3 is 13.3 Å². The Balaban J connectivity index is 1.63.